The lowest BCUT2D eigenvalue weighted by Gasteiger charge is -2.25. The van der Waals surface area contributed by atoms with E-state index < -0.39 is 33.3 Å². The fourth-order valence-corrected chi connectivity index (χ4v) is 3.74. The molecule has 1 aliphatic heterocycles. The minimum absolute atomic E-state index is 0.0224. The number of ether oxygens (including phenoxy) is 1. The van der Waals surface area contributed by atoms with E-state index in [0.717, 1.165) is 6.07 Å². The third kappa shape index (κ3) is 5.09. The number of carbonyl (C=O) groups is 2. The molecule has 1 amide bonds. The summed E-state index contributed by atoms with van der Waals surface area (Å²) in [6.07, 6.45) is 0.352. The monoisotopic (exact) mass is 469 g/mol. The van der Waals surface area contributed by atoms with Gasteiger partial charge in [-0.15, -0.1) is 0 Å². The number of hydrogen-bond acceptors (Lipinski definition) is 8. The molecule has 11 heteroatoms. The Balaban J connectivity index is 2.11. The SMILES string of the molecule is CC(C)OCCCN1C(=O)C(=O)C(=C(O)c2cccc([N+](=O)[O-])c2)[C@H]1c1cccc([N+](=O)[O-])c1. The average molecular weight is 469 g/mol. The van der Waals surface area contributed by atoms with Crippen molar-refractivity contribution in [3.8, 4) is 0 Å². The highest BCUT2D eigenvalue weighted by molar-refractivity contribution is 6.46. The van der Waals surface area contributed by atoms with E-state index in [9.17, 15) is 34.9 Å². The van der Waals surface area contributed by atoms with Gasteiger partial charge in [0, 0.05) is 43.0 Å². The molecular weight excluding hydrogens is 446 g/mol. The van der Waals surface area contributed by atoms with Crippen molar-refractivity contribution in [2.75, 3.05) is 13.2 Å². The van der Waals surface area contributed by atoms with Crippen molar-refractivity contribution in [2.24, 2.45) is 0 Å². The highest BCUT2D eigenvalue weighted by atomic mass is 16.6. The normalized spacial score (nSPS) is 17.4. The second kappa shape index (κ2) is 10.2. The van der Waals surface area contributed by atoms with Gasteiger partial charge in [-0.3, -0.25) is 29.8 Å². The maximum atomic E-state index is 13.0. The Morgan fingerprint density at radius 3 is 2.29 bits per heavy atom. The number of nitro groups is 2. The van der Waals surface area contributed by atoms with Crippen molar-refractivity contribution in [1.82, 2.24) is 4.90 Å². The molecule has 178 valence electrons. The summed E-state index contributed by atoms with van der Waals surface area (Å²) < 4.78 is 5.50. The first-order valence-corrected chi connectivity index (χ1v) is 10.5. The van der Waals surface area contributed by atoms with Gasteiger partial charge in [0.1, 0.15) is 5.76 Å². The third-order valence-corrected chi connectivity index (χ3v) is 5.26. The Morgan fingerprint density at radius 2 is 1.68 bits per heavy atom. The van der Waals surface area contributed by atoms with Gasteiger partial charge in [0.05, 0.1) is 27.6 Å². The van der Waals surface area contributed by atoms with Crippen LogP contribution in [-0.2, 0) is 14.3 Å². The highest BCUT2D eigenvalue weighted by Gasteiger charge is 2.46. The zero-order valence-electron chi connectivity index (χ0n) is 18.5. The molecule has 1 heterocycles. The number of Topliss-reactive ketones (excluding diaryl/α,β-unsaturated/α-hetero) is 1. The molecule has 0 spiro atoms. The van der Waals surface area contributed by atoms with Crippen LogP contribution >= 0.6 is 0 Å². The predicted molar refractivity (Wildman–Crippen MR) is 121 cm³/mol. The molecule has 34 heavy (non-hydrogen) atoms. The van der Waals surface area contributed by atoms with Crippen molar-refractivity contribution in [1.29, 1.82) is 0 Å². The molecule has 1 saturated heterocycles. The van der Waals surface area contributed by atoms with Gasteiger partial charge < -0.3 is 14.7 Å². The molecule has 1 N–H and O–H groups in total. The molecule has 0 saturated carbocycles. The lowest BCUT2D eigenvalue weighted by Crippen LogP contribution is -2.31. The standard InChI is InChI=1S/C23H23N3O8/c1-14(2)34-11-5-10-24-20(15-6-3-8-17(12-15)25(30)31)19(22(28)23(24)29)21(27)16-7-4-9-18(13-16)26(32)33/h3-4,6-9,12-14,20,27H,5,10-11H2,1-2H3/t20-/m1/s1. The van der Waals surface area contributed by atoms with Gasteiger partial charge in [-0.1, -0.05) is 24.3 Å². The summed E-state index contributed by atoms with van der Waals surface area (Å²) in [6.45, 7) is 4.12. The predicted octanol–water partition coefficient (Wildman–Crippen LogP) is 3.74. The number of likely N-dealkylation sites (tertiary alicyclic amines) is 1. The van der Waals surface area contributed by atoms with Gasteiger partial charge in [-0.25, -0.2) is 0 Å². The zero-order chi connectivity index (χ0) is 25.0. The largest absolute Gasteiger partial charge is 0.507 e. The Bertz CT molecular complexity index is 1170. The number of ketones is 1. The summed E-state index contributed by atoms with van der Waals surface area (Å²) in [4.78, 5) is 48.3. The van der Waals surface area contributed by atoms with Crippen molar-refractivity contribution in [3.05, 3.63) is 85.5 Å². The molecule has 0 bridgehead atoms. The van der Waals surface area contributed by atoms with Gasteiger partial charge in [0.25, 0.3) is 23.1 Å². The quantitative estimate of drug-likeness (QED) is 0.145. The van der Waals surface area contributed by atoms with E-state index >= 15 is 0 Å². The summed E-state index contributed by atoms with van der Waals surface area (Å²) in [6, 6.07) is 9.35. The van der Waals surface area contributed by atoms with E-state index in [0.29, 0.717) is 13.0 Å². The number of benzene rings is 2. The number of carbonyl (C=O) groups excluding carboxylic acids is 2. The minimum atomic E-state index is -1.11. The van der Waals surface area contributed by atoms with Crippen molar-refractivity contribution in [2.45, 2.75) is 32.4 Å². The second-order valence-corrected chi connectivity index (χ2v) is 7.93. The van der Waals surface area contributed by atoms with E-state index in [1.807, 2.05) is 13.8 Å². The van der Waals surface area contributed by atoms with Crippen molar-refractivity contribution >= 4 is 28.8 Å². The van der Waals surface area contributed by atoms with Crippen LogP contribution in [0.25, 0.3) is 5.76 Å². The van der Waals surface area contributed by atoms with Crippen molar-refractivity contribution in [3.63, 3.8) is 0 Å². The Labute approximate surface area is 194 Å². The first-order valence-electron chi connectivity index (χ1n) is 10.5. The third-order valence-electron chi connectivity index (χ3n) is 5.26. The van der Waals surface area contributed by atoms with Crippen LogP contribution in [0.5, 0.6) is 0 Å². The molecular formula is C23H23N3O8. The molecule has 3 rings (SSSR count). The molecule has 11 nitrogen and oxygen atoms in total. The van der Waals surface area contributed by atoms with Crippen LogP contribution in [-0.4, -0.2) is 50.8 Å². The van der Waals surface area contributed by atoms with Gasteiger partial charge in [-0.2, -0.15) is 0 Å². The van der Waals surface area contributed by atoms with E-state index in [1.54, 1.807) is 0 Å². The average Bonchev–Trinajstić information content (AvgIpc) is 3.06. The summed E-state index contributed by atoms with van der Waals surface area (Å²) in [5.74, 6) is -2.46. The van der Waals surface area contributed by atoms with Crippen LogP contribution in [0.4, 0.5) is 11.4 Å². The molecule has 2 aromatic rings. The van der Waals surface area contributed by atoms with Gasteiger partial charge in [-0.05, 0) is 25.8 Å². The first kappa shape index (κ1) is 24.5. The van der Waals surface area contributed by atoms with Crippen LogP contribution in [0, 0.1) is 20.2 Å². The van der Waals surface area contributed by atoms with E-state index in [4.69, 9.17) is 4.74 Å². The molecule has 0 aliphatic carbocycles. The van der Waals surface area contributed by atoms with Crippen LogP contribution in [0.3, 0.4) is 0 Å². The number of hydrogen-bond donors (Lipinski definition) is 1. The lowest BCUT2D eigenvalue weighted by molar-refractivity contribution is -0.385. The van der Waals surface area contributed by atoms with Crippen LogP contribution in [0.2, 0.25) is 0 Å². The first-order chi connectivity index (χ1) is 16.1. The summed E-state index contributed by atoms with van der Waals surface area (Å²) in [5.41, 5.74) is -0.621. The Morgan fingerprint density at radius 1 is 1.06 bits per heavy atom. The maximum Gasteiger partial charge on any atom is 0.295 e. The number of non-ortho nitro benzene ring substituents is 2. The highest BCUT2D eigenvalue weighted by Crippen LogP contribution is 2.40. The molecule has 0 radical (unpaired) electrons. The van der Waals surface area contributed by atoms with E-state index in [-0.39, 0.29) is 40.7 Å². The Hall–Kier alpha value is -4.12. The number of nitro benzene ring substituents is 2. The smallest absolute Gasteiger partial charge is 0.295 e. The summed E-state index contributed by atoms with van der Waals surface area (Å²) in [7, 11) is 0. The van der Waals surface area contributed by atoms with Crippen molar-refractivity contribution < 1.29 is 29.3 Å². The fourth-order valence-electron chi connectivity index (χ4n) is 3.74. The van der Waals surface area contributed by atoms with E-state index in [1.165, 1.54) is 47.4 Å². The number of rotatable bonds is 9. The molecule has 1 atom stereocenters. The van der Waals surface area contributed by atoms with E-state index in [2.05, 4.69) is 0 Å². The molecule has 1 fully saturated rings. The maximum absolute atomic E-state index is 13.0. The van der Waals surface area contributed by atoms with Gasteiger partial charge >= 0.3 is 0 Å². The minimum Gasteiger partial charge on any atom is -0.507 e. The number of aliphatic hydroxyl groups excluding tert-OH is 1. The lowest BCUT2D eigenvalue weighted by atomic mass is 9.95. The molecule has 0 unspecified atom stereocenters. The van der Waals surface area contributed by atoms with Crippen LogP contribution < -0.4 is 0 Å². The molecule has 0 aromatic heterocycles. The molecule has 2 aromatic carbocycles. The van der Waals surface area contributed by atoms with Gasteiger partial charge in [0.15, 0.2) is 0 Å². The van der Waals surface area contributed by atoms with Crippen LogP contribution in [0.1, 0.15) is 37.4 Å². The fraction of sp³-hybridized carbons (Fsp3) is 0.304. The van der Waals surface area contributed by atoms with Crippen LogP contribution in [0.15, 0.2) is 54.1 Å². The summed E-state index contributed by atoms with van der Waals surface area (Å²) in [5, 5.41) is 33.4. The Kier molecular flexibility index (Phi) is 7.37. The zero-order valence-corrected chi connectivity index (χ0v) is 18.5. The molecule has 1 aliphatic rings. The summed E-state index contributed by atoms with van der Waals surface area (Å²) >= 11 is 0. The second-order valence-electron chi connectivity index (χ2n) is 7.93. The number of nitrogens with zero attached hydrogens (tertiary/aromatic N) is 3. The number of amides is 1. The number of aliphatic hydroxyl groups is 1. The topological polar surface area (TPSA) is 153 Å². The van der Waals surface area contributed by atoms with Gasteiger partial charge in [0.2, 0.25) is 0 Å².